The van der Waals surface area contributed by atoms with E-state index < -0.39 is 23.8 Å². The van der Waals surface area contributed by atoms with Gasteiger partial charge in [-0.25, -0.2) is 0 Å². The molecule has 8 nitrogen and oxygen atoms in total. The second-order valence-electron chi connectivity index (χ2n) is 10.7. The number of halogens is 4. The van der Waals surface area contributed by atoms with Gasteiger partial charge in [-0.15, -0.1) is 0 Å². The first kappa shape index (κ1) is 35.9. The number of aryl methyl sites for hydroxylation is 3. The number of ether oxygens (including phenoxy) is 2. The number of carbonyl (C=O) groups excluding carboxylic acids is 2. The summed E-state index contributed by atoms with van der Waals surface area (Å²) in [6, 6.07) is 8.49. The van der Waals surface area contributed by atoms with E-state index in [9.17, 15) is 27.9 Å². The molecule has 4 aromatic rings. The molecule has 0 radical (unpaired) electrons. The third-order valence-electron chi connectivity index (χ3n) is 6.76. The van der Waals surface area contributed by atoms with Crippen LogP contribution >= 0.6 is 11.3 Å². The third kappa shape index (κ3) is 9.01. The molecule has 0 aliphatic rings. The van der Waals surface area contributed by atoms with Gasteiger partial charge in [0, 0.05) is 25.1 Å². The lowest BCUT2D eigenvalue weighted by molar-refractivity contribution is -0.687. The molecule has 2 heterocycles. The number of nitrogens with zero attached hydrogens (tertiary/aromatic N) is 3. The van der Waals surface area contributed by atoms with Gasteiger partial charge in [0.2, 0.25) is 0 Å². The first-order valence-electron chi connectivity index (χ1n) is 14.2. The van der Waals surface area contributed by atoms with Crippen LogP contribution in [0.15, 0.2) is 53.8 Å². The van der Waals surface area contributed by atoms with Crippen molar-refractivity contribution in [3.63, 3.8) is 0 Å². The average molecular weight is 711 g/mol. The summed E-state index contributed by atoms with van der Waals surface area (Å²) in [6.07, 6.45) is -0.0115. The van der Waals surface area contributed by atoms with Crippen molar-refractivity contribution in [2.45, 2.75) is 72.8 Å². The maximum Gasteiger partial charge on any atom is 0.416 e. The molecule has 242 valence electrons. The second kappa shape index (κ2) is 15.2. The molecule has 0 unspecified atom stereocenters. The van der Waals surface area contributed by atoms with Gasteiger partial charge in [-0.2, -0.15) is 22.7 Å². The van der Waals surface area contributed by atoms with Crippen LogP contribution in [0.25, 0.3) is 10.2 Å². The van der Waals surface area contributed by atoms with Crippen LogP contribution in [0, 0.1) is 13.8 Å². The van der Waals surface area contributed by atoms with E-state index in [1.165, 1.54) is 25.2 Å². The molecule has 2 aromatic carbocycles. The molecule has 1 amide bonds. The zero-order valence-electron chi connectivity index (χ0n) is 25.6. The smallest absolute Gasteiger partial charge is 0.416 e. The monoisotopic (exact) mass is 709 g/mol. The molecule has 0 fully saturated rings. The fraction of sp³-hybridized carbons (Fsp3) is 0.375. The molecule has 13 heteroatoms. The minimum Gasteiger partial charge on any atom is -1.00 e. The number of aromatic nitrogens is 2. The number of hydrogen-bond acceptors (Lipinski definition) is 6. The molecule has 1 N–H and O–H groups in total. The Morgan fingerprint density at radius 3 is 2.42 bits per heavy atom. The van der Waals surface area contributed by atoms with Crippen LogP contribution in [0.3, 0.4) is 0 Å². The second-order valence-corrected chi connectivity index (χ2v) is 11.7. The van der Waals surface area contributed by atoms with Crippen LogP contribution in [0.1, 0.15) is 66.2 Å². The molecular formula is C32H35BrF3N3O5S. The topological polar surface area (TPSA) is 94.0 Å². The Morgan fingerprint density at radius 2 is 1.82 bits per heavy atom. The van der Waals surface area contributed by atoms with Crippen LogP contribution in [0.5, 0.6) is 11.5 Å². The normalized spacial score (nSPS) is 12.6. The molecule has 0 saturated carbocycles. The van der Waals surface area contributed by atoms with Crippen molar-refractivity contribution in [2.24, 2.45) is 4.99 Å². The van der Waals surface area contributed by atoms with Crippen molar-refractivity contribution in [1.29, 1.82) is 0 Å². The molecule has 45 heavy (non-hydrogen) atoms. The number of alkyl halides is 3. The average Bonchev–Trinajstić information content (AvgIpc) is 3.27. The van der Waals surface area contributed by atoms with E-state index in [0.717, 1.165) is 57.9 Å². The molecular weight excluding hydrogens is 675 g/mol. The van der Waals surface area contributed by atoms with E-state index in [2.05, 4.69) is 4.99 Å². The minimum absolute atomic E-state index is 0. The largest absolute Gasteiger partial charge is 1.00 e. The van der Waals surface area contributed by atoms with Gasteiger partial charge in [-0.1, -0.05) is 24.7 Å². The number of pyridine rings is 1. The number of aliphatic hydroxyl groups is 1. The lowest BCUT2D eigenvalue weighted by atomic mass is 10.1. The van der Waals surface area contributed by atoms with E-state index in [-0.39, 0.29) is 40.9 Å². The third-order valence-corrected chi connectivity index (χ3v) is 7.82. The Morgan fingerprint density at radius 1 is 1.13 bits per heavy atom. The number of rotatable bonds is 10. The quantitative estimate of drug-likeness (QED) is 0.155. The maximum absolute atomic E-state index is 13.5. The number of thiazole rings is 1. The Labute approximate surface area is 273 Å². The molecule has 4 rings (SSSR count). The van der Waals surface area contributed by atoms with Crippen molar-refractivity contribution in [1.82, 2.24) is 4.57 Å². The molecule has 0 aliphatic carbocycles. The van der Waals surface area contributed by atoms with Crippen molar-refractivity contribution in [3.8, 4) is 11.5 Å². The van der Waals surface area contributed by atoms with Crippen LogP contribution in [0.4, 0.5) is 13.2 Å². The number of esters is 1. The SMILES string of the molecule is CCCCn1c(=NC(=O)c2cc(C(F)(F)F)ccc2OC[C@H](C)O)sc2cc[n+](Cc3cc(C)c(OC(C)=O)c(C)c3)cc21.[Br-]. The highest BCUT2D eigenvalue weighted by molar-refractivity contribution is 7.16. The fourth-order valence-corrected chi connectivity index (χ4v) is 5.80. The molecule has 0 spiro atoms. The summed E-state index contributed by atoms with van der Waals surface area (Å²) in [5.74, 6) is -0.792. The summed E-state index contributed by atoms with van der Waals surface area (Å²) in [7, 11) is 0. The van der Waals surface area contributed by atoms with Crippen molar-refractivity contribution < 1.29 is 58.9 Å². The lowest BCUT2D eigenvalue weighted by Crippen LogP contribution is -3.00. The van der Waals surface area contributed by atoms with E-state index in [1.807, 2.05) is 60.5 Å². The number of benzene rings is 2. The van der Waals surface area contributed by atoms with Gasteiger partial charge in [-0.05, 0) is 68.7 Å². The summed E-state index contributed by atoms with van der Waals surface area (Å²) in [5, 5.41) is 9.61. The van der Waals surface area contributed by atoms with Crippen molar-refractivity contribution in [2.75, 3.05) is 6.61 Å². The summed E-state index contributed by atoms with van der Waals surface area (Å²) in [4.78, 5) is 29.5. The van der Waals surface area contributed by atoms with Crippen LogP contribution in [-0.2, 0) is 24.1 Å². The van der Waals surface area contributed by atoms with Gasteiger partial charge in [0.05, 0.1) is 21.9 Å². The highest BCUT2D eigenvalue weighted by Crippen LogP contribution is 2.33. The Kier molecular flexibility index (Phi) is 12.1. The van der Waals surface area contributed by atoms with E-state index in [1.54, 1.807) is 0 Å². The molecule has 0 bridgehead atoms. The summed E-state index contributed by atoms with van der Waals surface area (Å²) in [5.41, 5.74) is 2.19. The standard InChI is InChI=1S/C32H35F3N3O5S.BrH/c1-6-7-11-38-26-17-37(16-23-13-19(2)29(20(3)14-23)43-22(5)40)12-10-28(26)44-31(38)36-30(41)25-15-24(32(33,34)35)8-9-27(25)42-18-21(4)39;/h8-10,12-15,17,21,39H,6-7,11,16,18H2,1-5H3;1H/q+1;/p-1/t21-;/m0./s1. The lowest BCUT2D eigenvalue weighted by Gasteiger charge is -2.13. The minimum atomic E-state index is -4.66. The predicted molar refractivity (Wildman–Crippen MR) is 160 cm³/mol. The zero-order chi connectivity index (χ0) is 32.2. The Hall–Kier alpha value is -3.55. The van der Waals surface area contributed by atoms with E-state index in [4.69, 9.17) is 9.47 Å². The van der Waals surface area contributed by atoms with Gasteiger partial charge >= 0.3 is 12.1 Å². The van der Waals surface area contributed by atoms with Crippen molar-refractivity contribution in [3.05, 3.63) is 81.4 Å². The van der Waals surface area contributed by atoms with Crippen LogP contribution < -0.4 is 35.8 Å². The van der Waals surface area contributed by atoms with E-state index >= 15 is 0 Å². The number of aliphatic hydroxyl groups excluding tert-OH is 1. The summed E-state index contributed by atoms with van der Waals surface area (Å²) in [6.45, 7) is 9.52. The Bertz CT molecular complexity index is 1740. The number of fused-ring (bicyclic) bond motifs is 1. The number of hydrogen-bond donors (Lipinski definition) is 1. The summed E-state index contributed by atoms with van der Waals surface area (Å²) < 4.78 is 56.1. The van der Waals surface area contributed by atoms with Crippen LogP contribution in [0.2, 0.25) is 0 Å². The van der Waals surface area contributed by atoms with Crippen LogP contribution in [-0.4, -0.2) is 34.3 Å². The number of carbonyl (C=O) groups is 2. The van der Waals surface area contributed by atoms with Gasteiger partial charge in [0.1, 0.15) is 23.6 Å². The molecule has 0 aliphatic heterocycles. The number of unbranched alkanes of at least 4 members (excludes halogenated alkanes) is 1. The summed E-state index contributed by atoms with van der Waals surface area (Å²) >= 11 is 1.27. The number of amides is 1. The highest BCUT2D eigenvalue weighted by atomic mass is 79.9. The molecule has 1 atom stereocenters. The molecule has 2 aromatic heterocycles. The van der Waals surface area contributed by atoms with Crippen molar-refractivity contribution >= 4 is 33.4 Å². The van der Waals surface area contributed by atoms with E-state index in [0.29, 0.717) is 23.6 Å². The fourth-order valence-electron chi connectivity index (χ4n) is 4.78. The van der Waals surface area contributed by atoms with Gasteiger partial charge in [0.25, 0.3) is 5.91 Å². The highest BCUT2D eigenvalue weighted by Gasteiger charge is 2.32. The predicted octanol–water partition coefficient (Wildman–Crippen LogP) is 2.90. The first-order valence-corrected chi connectivity index (χ1v) is 15.0. The zero-order valence-corrected chi connectivity index (χ0v) is 28.0. The van der Waals surface area contributed by atoms with Gasteiger partial charge in [-0.3, -0.25) is 9.59 Å². The first-order chi connectivity index (χ1) is 20.8. The maximum atomic E-state index is 13.5. The van der Waals surface area contributed by atoms with Gasteiger partial charge in [0.15, 0.2) is 23.7 Å². The van der Waals surface area contributed by atoms with Gasteiger partial charge < -0.3 is 36.1 Å². The molecule has 0 saturated heterocycles. The Balaban J connectivity index is 0.00000552.